The van der Waals surface area contributed by atoms with E-state index in [0.717, 1.165) is 10.8 Å². The number of nitrogens with one attached hydrogen (secondary N) is 1. The highest BCUT2D eigenvalue weighted by atomic mass is 32.2. The van der Waals surface area contributed by atoms with Gasteiger partial charge in [-0.05, 0) is 28.5 Å². The van der Waals surface area contributed by atoms with Gasteiger partial charge in [-0.25, -0.2) is 9.52 Å². The Balaban J connectivity index is 2.16. The molecule has 0 aliphatic heterocycles. The quantitative estimate of drug-likeness (QED) is 0.484. The summed E-state index contributed by atoms with van der Waals surface area (Å²) in [5.74, 6) is -1.68. The fraction of sp³-hybridized carbons (Fsp3) is 0.125. The van der Waals surface area contributed by atoms with Crippen molar-refractivity contribution in [3.05, 3.63) is 54.6 Å². The van der Waals surface area contributed by atoms with Gasteiger partial charge in [0.15, 0.2) is 0 Å². The smallest absolute Gasteiger partial charge is 0.423 e. The molecule has 0 unspecified atom stereocenters. The number of alkyl halides is 3. The molecule has 2 aromatic rings. The van der Waals surface area contributed by atoms with Gasteiger partial charge in [-0.15, -0.1) is 0 Å². The Morgan fingerprint density at radius 1 is 1.12 bits per heavy atom. The van der Waals surface area contributed by atoms with Crippen molar-refractivity contribution in [1.29, 1.82) is 0 Å². The molecule has 6 nitrogen and oxygen atoms in total. The summed E-state index contributed by atoms with van der Waals surface area (Å²) < 4.78 is 64.5. The van der Waals surface area contributed by atoms with E-state index in [2.05, 4.69) is 6.58 Å². The summed E-state index contributed by atoms with van der Waals surface area (Å²) >= 11 is 0. The van der Waals surface area contributed by atoms with Gasteiger partial charge in [0.1, 0.15) is 5.75 Å². The van der Waals surface area contributed by atoms with Crippen LogP contribution in [0.25, 0.3) is 10.8 Å². The van der Waals surface area contributed by atoms with Crippen LogP contribution >= 0.6 is 0 Å². The first-order valence-electron chi connectivity index (χ1n) is 7.01. The summed E-state index contributed by atoms with van der Waals surface area (Å²) in [6, 6.07) is 9.13. The van der Waals surface area contributed by atoms with Crippen molar-refractivity contribution in [2.45, 2.75) is 11.9 Å². The topological polar surface area (TPSA) is 89.5 Å². The Morgan fingerprint density at radius 2 is 1.73 bits per heavy atom. The van der Waals surface area contributed by atoms with Crippen LogP contribution in [0.1, 0.15) is 5.56 Å². The number of amides is 1. The number of rotatable bonds is 5. The zero-order chi connectivity index (χ0) is 19.5. The Kier molecular flexibility index (Phi) is 5.36. The normalized spacial score (nSPS) is 11.8. The van der Waals surface area contributed by atoms with E-state index in [9.17, 15) is 31.2 Å². The largest absolute Gasteiger partial charge is 0.516 e. The standard InChI is InChI=1S/C16H12F3NO5S/c1-2-15(22)25-13-6-5-11-7-10(3-4-12(11)9-13)8-14(21)20-26(23,24)16(17,18)19/h2-7,9H,1,8H2,(H,20,21). The van der Waals surface area contributed by atoms with E-state index < -0.39 is 33.8 Å². The lowest BCUT2D eigenvalue weighted by molar-refractivity contribution is -0.129. The number of ether oxygens (including phenoxy) is 1. The van der Waals surface area contributed by atoms with Crippen LogP contribution in [-0.2, 0) is 26.0 Å². The molecule has 0 saturated heterocycles. The van der Waals surface area contributed by atoms with Crippen LogP contribution in [0, 0.1) is 0 Å². The molecule has 1 N–H and O–H groups in total. The van der Waals surface area contributed by atoms with Gasteiger partial charge >= 0.3 is 21.5 Å². The molecular weight excluding hydrogens is 375 g/mol. The lowest BCUT2D eigenvalue weighted by atomic mass is 10.0. The van der Waals surface area contributed by atoms with Gasteiger partial charge < -0.3 is 4.74 Å². The molecule has 2 rings (SSSR count). The molecule has 0 bridgehead atoms. The first-order chi connectivity index (χ1) is 12.0. The predicted octanol–water partition coefficient (Wildman–Crippen LogP) is 2.44. The van der Waals surface area contributed by atoms with Crippen molar-refractivity contribution in [3.8, 4) is 5.75 Å². The van der Waals surface area contributed by atoms with Gasteiger partial charge in [0.25, 0.3) is 0 Å². The van der Waals surface area contributed by atoms with E-state index in [0.29, 0.717) is 16.3 Å². The minimum Gasteiger partial charge on any atom is -0.423 e. The Labute approximate surface area is 146 Å². The van der Waals surface area contributed by atoms with Crippen molar-refractivity contribution in [2.75, 3.05) is 0 Å². The molecule has 10 heteroatoms. The van der Waals surface area contributed by atoms with E-state index in [1.54, 1.807) is 18.2 Å². The molecule has 1 amide bonds. The Bertz CT molecular complexity index is 983. The summed E-state index contributed by atoms with van der Waals surface area (Å²) in [7, 11) is -5.74. The summed E-state index contributed by atoms with van der Waals surface area (Å²) in [4.78, 5) is 22.7. The molecule has 0 aromatic heterocycles. The molecule has 138 valence electrons. The molecule has 0 atom stereocenters. The van der Waals surface area contributed by atoms with Gasteiger partial charge in [0, 0.05) is 6.08 Å². The second-order valence-corrected chi connectivity index (χ2v) is 6.79. The third-order valence-electron chi connectivity index (χ3n) is 3.18. The minimum atomic E-state index is -5.74. The van der Waals surface area contributed by atoms with Crippen LogP contribution in [-0.4, -0.2) is 25.8 Å². The van der Waals surface area contributed by atoms with E-state index in [4.69, 9.17) is 4.74 Å². The maximum absolute atomic E-state index is 12.3. The lowest BCUT2D eigenvalue weighted by Gasteiger charge is -2.10. The molecule has 0 fully saturated rings. The van der Waals surface area contributed by atoms with E-state index in [1.165, 1.54) is 18.2 Å². The minimum absolute atomic E-state index is 0.268. The highest BCUT2D eigenvalue weighted by Gasteiger charge is 2.46. The molecule has 0 aliphatic rings. The third-order valence-corrected chi connectivity index (χ3v) is 4.28. The van der Waals surface area contributed by atoms with Gasteiger partial charge in [-0.1, -0.05) is 30.8 Å². The van der Waals surface area contributed by atoms with Crippen LogP contribution in [0.5, 0.6) is 5.75 Å². The average molecular weight is 387 g/mol. The predicted molar refractivity (Wildman–Crippen MR) is 86.6 cm³/mol. The number of carbonyl (C=O) groups is 2. The molecular formula is C16H12F3NO5S. The number of hydrogen-bond donors (Lipinski definition) is 1. The van der Waals surface area contributed by atoms with Gasteiger partial charge in [0.05, 0.1) is 6.42 Å². The maximum atomic E-state index is 12.3. The molecule has 0 heterocycles. The summed E-state index contributed by atoms with van der Waals surface area (Å²) in [6.07, 6.45) is 0.444. The highest BCUT2D eigenvalue weighted by Crippen LogP contribution is 2.24. The Hall–Kier alpha value is -2.88. The van der Waals surface area contributed by atoms with E-state index in [-0.39, 0.29) is 5.75 Å². The molecule has 0 saturated carbocycles. The molecule has 0 spiro atoms. The average Bonchev–Trinajstić information content (AvgIpc) is 2.53. The van der Waals surface area contributed by atoms with Crippen molar-refractivity contribution in [2.24, 2.45) is 0 Å². The van der Waals surface area contributed by atoms with Crippen molar-refractivity contribution in [1.82, 2.24) is 4.72 Å². The highest BCUT2D eigenvalue weighted by molar-refractivity contribution is 7.90. The van der Waals surface area contributed by atoms with Gasteiger partial charge in [-0.2, -0.15) is 21.6 Å². The first kappa shape index (κ1) is 19.4. The third kappa shape index (κ3) is 4.60. The molecule has 0 radical (unpaired) electrons. The number of benzene rings is 2. The van der Waals surface area contributed by atoms with Crippen LogP contribution in [0.2, 0.25) is 0 Å². The number of halogens is 3. The second kappa shape index (κ2) is 7.16. The molecule has 0 aliphatic carbocycles. The van der Waals surface area contributed by atoms with Crippen LogP contribution in [0.4, 0.5) is 13.2 Å². The zero-order valence-corrected chi connectivity index (χ0v) is 13.9. The molecule has 2 aromatic carbocycles. The van der Waals surface area contributed by atoms with Crippen molar-refractivity contribution < 1.29 is 35.9 Å². The number of sulfonamides is 1. The SMILES string of the molecule is C=CC(=O)Oc1ccc2cc(CC(=O)NS(=O)(=O)C(F)(F)F)ccc2c1. The number of carbonyl (C=O) groups excluding carboxylic acids is 2. The fourth-order valence-electron chi connectivity index (χ4n) is 2.03. The molecule has 26 heavy (non-hydrogen) atoms. The summed E-state index contributed by atoms with van der Waals surface area (Å²) in [5, 5.41) is 1.26. The fourth-order valence-corrected chi connectivity index (χ4v) is 2.52. The number of fused-ring (bicyclic) bond motifs is 1. The monoisotopic (exact) mass is 387 g/mol. The van der Waals surface area contributed by atoms with E-state index in [1.807, 2.05) is 0 Å². The maximum Gasteiger partial charge on any atom is 0.516 e. The van der Waals surface area contributed by atoms with Crippen LogP contribution < -0.4 is 9.46 Å². The number of esters is 1. The lowest BCUT2D eigenvalue weighted by Crippen LogP contribution is -2.40. The van der Waals surface area contributed by atoms with E-state index >= 15 is 0 Å². The number of hydrogen-bond acceptors (Lipinski definition) is 5. The second-order valence-electron chi connectivity index (χ2n) is 5.12. The first-order valence-corrected chi connectivity index (χ1v) is 8.49. The van der Waals surface area contributed by atoms with Crippen LogP contribution in [0.3, 0.4) is 0 Å². The van der Waals surface area contributed by atoms with Gasteiger partial charge in [0.2, 0.25) is 5.91 Å². The van der Waals surface area contributed by atoms with Crippen molar-refractivity contribution >= 4 is 32.7 Å². The van der Waals surface area contributed by atoms with Gasteiger partial charge in [-0.3, -0.25) is 4.79 Å². The zero-order valence-electron chi connectivity index (χ0n) is 13.0. The summed E-state index contributed by atoms with van der Waals surface area (Å²) in [5.41, 5.74) is -5.26. The summed E-state index contributed by atoms with van der Waals surface area (Å²) in [6.45, 7) is 3.27. The Morgan fingerprint density at radius 3 is 2.35 bits per heavy atom. The van der Waals surface area contributed by atoms with Crippen LogP contribution in [0.15, 0.2) is 49.1 Å². The van der Waals surface area contributed by atoms with Crippen molar-refractivity contribution in [3.63, 3.8) is 0 Å².